The van der Waals surface area contributed by atoms with Crippen molar-refractivity contribution in [1.82, 2.24) is 4.98 Å². The van der Waals surface area contributed by atoms with E-state index in [1.54, 1.807) is 11.3 Å². The van der Waals surface area contributed by atoms with Crippen molar-refractivity contribution in [3.05, 3.63) is 39.7 Å². The average Bonchev–Trinajstić information content (AvgIpc) is 2.56. The Morgan fingerprint density at radius 1 is 1.14 bits per heavy atom. The van der Waals surface area contributed by atoms with Crippen LogP contribution >= 0.6 is 11.3 Å². The highest BCUT2D eigenvalue weighted by atomic mass is 32.1. The maximum Gasteiger partial charge on any atom is 0.0843 e. The van der Waals surface area contributed by atoms with Crippen molar-refractivity contribution in [2.45, 2.75) is 20.8 Å². The molecule has 1 aromatic carbocycles. The lowest BCUT2D eigenvalue weighted by atomic mass is 10.0. The Balaban J connectivity index is 2.62. The Morgan fingerprint density at radius 3 is 2.57 bits per heavy atom. The van der Waals surface area contributed by atoms with Crippen LogP contribution in [0.3, 0.4) is 0 Å². The van der Waals surface area contributed by atoms with Crippen molar-refractivity contribution in [2.75, 3.05) is 0 Å². The summed E-state index contributed by atoms with van der Waals surface area (Å²) < 4.78 is 0. The Bertz CT molecular complexity index is 457. The molecule has 0 fully saturated rings. The molecule has 0 aliphatic heterocycles. The molecule has 72 valence electrons. The molecule has 14 heavy (non-hydrogen) atoms. The minimum absolute atomic E-state index is 1.14. The number of aromatic nitrogens is 1. The summed E-state index contributed by atoms with van der Waals surface area (Å²) in [5.41, 5.74) is 6.90. The monoisotopic (exact) mass is 203 g/mol. The van der Waals surface area contributed by atoms with Crippen molar-refractivity contribution in [2.24, 2.45) is 0 Å². The maximum absolute atomic E-state index is 4.41. The molecule has 0 N–H and O–H groups in total. The summed E-state index contributed by atoms with van der Waals surface area (Å²) in [5.74, 6) is 0. The Hall–Kier alpha value is -1.15. The van der Waals surface area contributed by atoms with Gasteiger partial charge in [0.05, 0.1) is 11.2 Å². The van der Waals surface area contributed by atoms with Crippen LogP contribution in [0.1, 0.15) is 16.0 Å². The molecule has 1 heterocycles. The summed E-state index contributed by atoms with van der Waals surface area (Å²) in [7, 11) is 0. The molecule has 0 saturated carbocycles. The van der Waals surface area contributed by atoms with Crippen molar-refractivity contribution in [1.29, 1.82) is 0 Å². The average molecular weight is 203 g/mol. The Kier molecular flexibility index (Phi) is 2.38. The molecule has 0 atom stereocenters. The third-order valence-corrected chi connectivity index (χ3v) is 3.15. The highest BCUT2D eigenvalue weighted by Gasteiger charge is 2.07. The van der Waals surface area contributed by atoms with E-state index in [0.717, 1.165) is 5.69 Å². The number of hydrogen-bond donors (Lipinski definition) is 0. The first kappa shape index (κ1) is 9.41. The van der Waals surface area contributed by atoms with Gasteiger partial charge >= 0.3 is 0 Å². The van der Waals surface area contributed by atoms with E-state index in [4.69, 9.17) is 0 Å². The predicted molar refractivity (Wildman–Crippen MR) is 61.8 cm³/mol. The fraction of sp³-hybridized carbons (Fsp3) is 0.250. The van der Waals surface area contributed by atoms with Gasteiger partial charge in [-0.05, 0) is 32.4 Å². The third kappa shape index (κ3) is 1.58. The normalized spacial score (nSPS) is 10.5. The number of nitrogens with zero attached hydrogens (tertiary/aromatic N) is 1. The minimum atomic E-state index is 1.14. The van der Waals surface area contributed by atoms with E-state index >= 15 is 0 Å². The van der Waals surface area contributed by atoms with E-state index in [2.05, 4.69) is 44.0 Å². The minimum Gasteiger partial charge on any atom is -0.244 e. The molecule has 2 aromatic rings. The van der Waals surface area contributed by atoms with Gasteiger partial charge in [-0.2, -0.15) is 0 Å². The van der Waals surface area contributed by atoms with Gasteiger partial charge in [0.25, 0.3) is 0 Å². The third-order valence-electron chi connectivity index (χ3n) is 2.39. The van der Waals surface area contributed by atoms with E-state index in [-0.39, 0.29) is 0 Å². The van der Waals surface area contributed by atoms with Crippen molar-refractivity contribution < 1.29 is 0 Å². The summed E-state index contributed by atoms with van der Waals surface area (Å²) in [6, 6.07) is 6.50. The molecule has 0 saturated heterocycles. The molecule has 1 nitrogen and oxygen atoms in total. The van der Waals surface area contributed by atoms with Crippen molar-refractivity contribution >= 4 is 11.3 Å². The quantitative estimate of drug-likeness (QED) is 0.688. The number of aryl methyl sites for hydroxylation is 3. The van der Waals surface area contributed by atoms with E-state index < -0.39 is 0 Å². The lowest BCUT2D eigenvalue weighted by molar-refractivity contribution is 1.32. The van der Waals surface area contributed by atoms with E-state index in [0.29, 0.717) is 0 Å². The van der Waals surface area contributed by atoms with Crippen LogP contribution in [0.25, 0.3) is 11.3 Å². The second kappa shape index (κ2) is 3.54. The largest absolute Gasteiger partial charge is 0.244 e. The zero-order valence-electron chi connectivity index (χ0n) is 8.66. The van der Waals surface area contributed by atoms with Gasteiger partial charge < -0.3 is 0 Å². The lowest BCUT2D eigenvalue weighted by Gasteiger charge is -2.05. The lowest BCUT2D eigenvalue weighted by Crippen LogP contribution is -1.86. The second-order valence-corrected chi connectivity index (χ2v) is 4.63. The highest BCUT2D eigenvalue weighted by molar-refractivity contribution is 7.10. The molecule has 2 rings (SSSR count). The van der Waals surface area contributed by atoms with Crippen LogP contribution in [0.5, 0.6) is 0 Å². The predicted octanol–water partition coefficient (Wildman–Crippen LogP) is 3.74. The number of benzene rings is 1. The molecule has 0 bridgehead atoms. The van der Waals surface area contributed by atoms with Gasteiger partial charge in [0.1, 0.15) is 0 Å². The first-order valence-corrected chi connectivity index (χ1v) is 5.54. The zero-order valence-corrected chi connectivity index (χ0v) is 9.48. The molecule has 1 aromatic heterocycles. The van der Waals surface area contributed by atoms with Crippen LogP contribution in [0, 0.1) is 20.8 Å². The first-order valence-electron chi connectivity index (χ1n) is 4.66. The molecule has 0 amide bonds. The number of rotatable bonds is 1. The summed E-state index contributed by atoms with van der Waals surface area (Å²) in [6.45, 7) is 6.37. The zero-order chi connectivity index (χ0) is 10.1. The van der Waals surface area contributed by atoms with Crippen LogP contribution < -0.4 is 0 Å². The van der Waals surface area contributed by atoms with Crippen molar-refractivity contribution in [3.63, 3.8) is 0 Å². The van der Waals surface area contributed by atoms with Crippen LogP contribution in [0.4, 0.5) is 0 Å². The maximum atomic E-state index is 4.41. The number of thiazole rings is 1. The summed E-state index contributed by atoms with van der Waals surface area (Å²) in [4.78, 5) is 5.70. The first-order chi connectivity index (χ1) is 6.68. The Labute approximate surface area is 88.4 Å². The van der Waals surface area contributed by atoms with Gasteiger partial charge in [-0.15, -0.1) is 11.3 Å². The van der Waals surface area contributed by atoms with Crippen LogP contribution in [-0.4, -0.2) is 4.98 Å². The van der Waals surface area contributed by atoms with Gasteiger partial charge in [0.2, 0.25) is 0 Å². The smallest absolute Gasteiger partial charge is 0.0843 e. The van der Waals surface area contributed by atoms with Crippen LogP contribution in [0.15, 0.2) is 23.7 Å². The van der Waals surface area contributed by atoms with Gasteiger partial charge in [0, 0.05) is 10.4 Å². The van der Waals surface area contributed by atoms with Crippen LogP contribution in [-0.2, 0) is 0 Å². The number of hydrogen-bond acceptors (Lipinski definition) is 2. The van der Waals surface area contributed by atoms with Gasteiger partial charge in [-0.1, -0.05) is 17.7 Å². The highest BCUT2D eigenvalue weighted by Crippen LogP contribution is 2.27. The molecule has 0 aliphatic rings. The fourth-order valence-electron chi connectivity index (χ4n) is 1.55. The molecule has 2 heteroatoms. The summed E-state index contributed by atoms with van der Waals surface area (Å²) in [5, 5.41) is 0. The van der Waals surface area contributed by atoms with Crippen LogP contribution in [0.2, 0.25) is 0 Å². The standard InChI is InChI=1S/C12H13NS/c1-8-4-5-9(2)11(6-8)12-10(3)14-7-13-12/h4-7H,1-3H3. The van der Waals surface area contributed by atoms with Gasteiger partial charge in [0.15, 0.2) is 0 Å². The fourth-order valence-corrected chi connectivity index (χ4v) is 2.15. The molecule has 0 radical (unpaired) electrons. The van der Waals surface area contributed by atoms with E-state index in [1.165, 1.54) is 21.6 Å². The van der Waals surface area contributed by atoms with E-state index in [9.17, 15) is 0 Å². The van der Waals surface area contributed by atoms with E-state index in [1.807, 2.05) is 5.51 Å². The topological polar surface area (TPSA) is 12.9 Å². The molecule has 0 aliphatic carbocycles. The molecular formula is C12H13NS. The molecule has 0 spiro atoms. The SMILES string of the molecule is Cc1ccc(C)c(-c2ncsc2C)c1. The molecular weight excluding hydrogens is 190 g/mol. The molecule has 0 unspecified atom stereocenters. The Morgan fingerprint density at radius 2 is 1.93 bits per heavy atom. The van der Waals surface area contributed by atoms with Crippen molar-refractivity contribution in [3.8, 4) is 11.3 Å². The summed E-state index contributed by atoms with van der Waals surface area (Å²) in [6.07, 6.45) is 0. The second-order valence-electron chi connectivity index (χ2n) is 3.58. The van der Waals surface area contributed by atoms with Gasteiger partial charge in [-0.3, -0.25) is 0 Å². The summed E-state index contributed by atoms with van der Waals surface area (Å²) >= 11 is 1.70. The van der Waals surface area contributed by atoms with Gasteiger partial charge in [-0.25, -0.2) is 4.98 Å².